The Morgan fingerprint density at radius 3 is 2.68 bits per heavy atom. The first-order valence-electron chi connectivity index (χ1n) is 10.1. The minimum Gasteiger partial charge on any atom is -0.465 e. The minimum atomic E-state index is -0.566. The summed E-state index contributed by atoms with van der Waals surface area (Å²) in [6.07, 6.45) is 2.38. The summed E-state index contributed by atoms with van der Waals surface area (Å²) >= 11 is 1.32. The summed E-state index contributed by atoms with van der Waals surface area (Å²) in [5.74, 6) is -0.369. The molecule has 0 aliphatic heterocycles. The van der Waals surface area contributed by atoms with Crippen molar-refractivity contribution < 1.29 is 9.53 Å². The van der Waals surface area contributed by atoms with Crippen molar-refractivity contribution in [1.29, 1.82) is 0 Å². The Hall–Kier alpha value is -3.13. The van der Waals surface area contributed by atoms with Crippen molar-refractivity contribution in [2.24, 2.45) is 13.0 Å². The van der Waals surface area contributed by atoms with Crippen LogP contribution < -0.4 is 11.2 Å². The molecule has 0 radical (unpaired) electrons. The number of hydrogen-bond acceptors (Lipinski definition) is 5. The lowest BCUT2D eigenvalue weighted by molar-refractivity contribution is 0.0602. The van der Waals surface area contributed by atoms with Crippen LogP contribution in [-0.4, -0.2) is 27.2 Å². The Morgan fingerprint density at radius 2 is 2.00 bits per heavy atom. The van der Waals surface area contributed by atoms with Crippen molar-refractivity contribution in [2.45, 2.75) is 33.7 Å². The highest BCUT2D eigenvalue weighted by Crippen LogP contribution is 2.33. The van der Waals surface area contributed by atoms with Gasteiger partial charge in [-0.2, -0.15) is 0 Å². The van der Waals surface area contributed by atoms with E-state index in [0.717, 1.165) is 26.6 Å². The highest BCUT2D eigenvalue weighted by Gasteiger charge is 2.26. The third-order valence-electron chi connectivity index (χ3n) is 5.54. The highest BCUT2D eigenvalue weighted by molar-refractivity contribution is 7.19. The predicted molar refractivity (Wildman–Crippen MR) is 123 cm³/mol. The van der Waals surface area contributed by atoms with Crippen LogP contribution in [-0.2, 0) is 24.8 Å². The number of H-pyrrole nitrogens is 1. The smallest absolute Gasteiger partial charge is 0.339 e. The molecule has 1 aromatic carbocycles. The first-order valence-corrected chi connectivity index (χ1v) is 10.9. The monoisotopic (exact) mass is 439 g/mol. The van der Waals surface area contributed by atoms with E-state index in [1.54, 1.807) is 4.57 Å². The molecule has 0 amide bonds. The van der Waals surface area contributed by atoms with E-state index in [2.05, 4.69) is 4.98 Å². The van der Waals surface area contributed by atoms with Crippen molar-refractivity contribution in [2.75, 3.05) is 7.11 Å². The van der Waals surface area contributed by atoms with E-state index in [1.807, 2.05) is 45.2 Å². The number of ether oxygens (including phenoxy) is 1. The number of thiophene rings is 1. The second-order valence-corrected chi connectivity index (χ2v) is 9.29. The SMILES string of the molecule is COC(=O)c1c(Cc2c[nH]c3c(C)cccc23)sc2c1c(=O)n(C)c(=O)n2CC(C)C. The Kier molecular flexibility index (Phi) is 5.35. The number of benzene rings is 1. The molecule has 0 bridgehead atoms. The lowest BCUT2D eigenvalue weighted by atomic mass is 10.0. The summed E-state index contributed by atoms with van der Waals surface area (Å²) in [4.78, 5) is 43.2. The van der Waals surface area contributed by atoms with Crippen molar-refractivity contribution in [1.82, 2.24) is 14.1 Å². The highest BCUT2D eigenvalue weighted by atomic mass is 32.1. The van der Waals surface area contributed by atoms with Crippen LogP contribution in [0.5, 0.6) is 0 Å². The molecule has 3 heterocycles. The molecule has 0 spiro atoms. The summed E-state index contributed by atoms with van der Waals surface area (Å²) in [6, 6.07) is 6.07. The van der Waals surface area contributed by atoms with Gasteiger partial charge in [-0.25, -0.2) is 9.59 Å². The number of carbonyl (C=O) groups excluding carboxylic acids is 1. The van der Waals surface area contributed by atoms with Crippen LogP contribution in [0.3, 0.4) is 0 Å². The summed E-state index contributed by atoms with van der Waals surface area (Å²) in [5.41, 5.74) is 2.60. The molecule has 0 saturated carbocycles. The van der Waals surface area contributed by atoms with Gasteiger partial charge in [0.1, 0.15) is 4.83 Å². The van der Waals surface area contributed by atoms with Crippen LogP contribution in [0.4, 0.5) is 0 Å². The molecule has 31 heavy (non-hydrogen) atoms. The zero-order chi connectivity index (χ0) is 22.4. The van der Waals surface area contributed by atoms with E-state index in [-0.39, 0.29) is 22.6 Å². The summed E-state index contributed by atoms with van der Waals surface area (Å²) in [6.45, 7) is 6.51. The number of carbonyl (C=O) groups is 1. The Morgan fingerprint density at radius 1 is 1.26 bits per heavy atom. The van der Waals surface area contributed by atoms with Gasteiger partial charge in [-0.1, -0.05) is 32.0 Å². The van der Waals surface area contributed by atoms with Crippen LogP contribution in [0.1, 0.15) is 40.2 Å². The van der Waals surface area contributed by atoms with E-state index in [1.165, 1.54) is 25.5 Å². The predicted octanol–water partition coefficient (Wildman–Crippen LogP) is 3.58. The number of aromatic nitrogens is 3. The molecule has 0 unspecified atom stereocenters. The fourth-order valence-electron chi connectivity index (χ4n) is 4.03. The van der Waals surface area contributed by atoms with Gasteiger partial charge in [-0.05, 0) is 24.0 Å². The molecule has 0 aliphatic carbocycles. The third kappa shape index (κ3) is 3.40. The first kappa shape index (κ1) is 21.1. The Labute approximate surface area is 182 Å². The van der Waals surface area contributed by atoms with Gasteiger partial charge in [0.15, 0.2) is 0 Å². The van der Waals surface area contributed by atoms with Gasteiger partial charge in [-0.3, -0.25) is 13.9 Å². The van der Waals surface area contributed by atoms with E-state index in [9.17, 15) is 14.4 Å². The lowest BCUT2D eigenvalue weighted by Gasteiger charge is -2.11. The molecule has 0 saturated heterocycles. The Bertz CT molecular complexity index is 1440. The van der Waals surface area contributed by atoms with Crippen LogP contribution in [0.2, 0.25) is 0 Å². The maximum atomic E-state index is 13.0. The zero-order valence-electron chi connectivity index (χ0n) is 18.2. The molecule has 7 nitrogen and oxygen atoms in total. The molecular weight excluding hydrogens is 414 g/mol. The topological polar surface area (TPSA) is 86.1 Å². The zero-order valence-corrected chi connectivity index (χ0v) is 19.1. The van der Waals surface area contributed by atoms with E-state index in [0.29, 0.717) is 22.7 Å². The molecule has 0 fully saturated rings. The molecule has 4 aromatic rings. The van der Waals surface area contributed by atoms with Gasteiger partial charge in [0.2, 0.25) is 0 Å². The van der Waals surface area contributed by atoms with Gasteiger partial charge in [-0.15, -0.1) is 11.3 Å². The van der Waals surface area contributed by atoms with Crippen LogP contribution in [0.15, 0.2) is 34.0 Å². The number of nitrogens with zero attached hydrogens (tertiary/aromatic N) is 2. The van der Waals surface area contributed by atoms with Crippen molar-refractivity contribution in [3.63, 3.8) is 0 Å². The number of fused-ring (bicyclic) bond motifs is 2. The number of methoxy groups -OCH3 is 1. The lowest BCUT2D eigenvalue weighted by Crippen LogP contribution is -2.38. The minimum absolute atomic E-state index is 0.196. The quantitative estimate of drug-likeness (QED) is 0.482. The molecule has 1 N–H and O–H groups in total. The maximum absolute atomic E-state index is 13.0. The average Bonchev–Trinajstić information content (AvgIpc) is 3.32. The van der Waals surface area contributed by atoms with E-state index < -0.39 is 11.5 Å². The summed E-state index contributed by atoms with van der Waals surface area (Å²) in [7, 11) is 2.75. The summed E-state index contributed by atoms with van der Waals surface area (Å²) < 4.78 is 7.71. The van der Waals surface area contributed by atoms with Crippen molar-refractivity contribution in [3.8, 4) is 0 Å². The molecular formula is C23H25N3O4S. The van der Waals surface area contributed by atoms with Gasteiger partial charge in [0, 0.05) is 42.0 Å². The average molecular weight is 440 g/mol. The maximum Gasteiger partial charge on any atom is 0.339 e. The number of aromatic amines is 1. The summed E-state index contributed by atoms with van der Waals surface area (Å²) in [5, 5.41) is 1.33. The van der Waals surface area contributed by atoms with Crippen LogP contribution in [0, 0.1) is 12.8 Å². The van der Waals surface area contributed by atoms with Gasteiger partial charge in [0.05, 0.1) is 18.1 Å². The van der Waals surface area contributed by atoms with Gasteiger partial charge >= 0.3 is 11.7 Å². The normalized spacial score (nSPS) is 11.7. The van der Waals surface area contributed by atoms with Crippen molar-refractivity contribution in [3.05, 3.63) is 66.8 Å². The fraction of sp³-hybridized carbons (Fsp3) is 0.348. The number of nitrogens with one attached hydrogen (secondary N) is 1. The largest absolute Gasteiger partial charge is 0.465 e. The first-order chi connectivity index (χ1) is 14.7. The standard InChI is InChI=1S/C23H25N3O4S/c1-12(2)11-26-21-18(20(27)25(4)23(26)29)17(22(28)30-5)16(31-21)9-14-10-24-19-13(3)7-6-8-15(14)19/h6-8,10,12,24H,9,11H2,1-5H3. The number of aryl methyl sites for hydroxylation is 1. The number of para-hydroxylation sites is 1. The second kappa shape index (κ2) is 7.85. The van der Waals surface area contributed by atoms with Crippen LogP contribution >= 0.6 is 11.3 Å². The molecule has 3 aromatic heterocycles. The van der Waals surface area contributed by atoms with Crippen molar-refractivity contribution >= 4 is 38.4 Å². The second-order valence-electron chi connectivity index (χ2n) is 8.21. The molecule has 8 heteroatoms. The molecule has 0 aliphatic rings. The van der Waals surface area contributed by atoms with Gasteiger partial charge in [0.25, 0.3) is 5.56 Å². The van der Waals surface area contributed by atoms with E-state index >= 15 is 0 Å². The number of hydrogen-bond donors (Lipinski definition) is 1. The van der Waals surface area contributed by atoms with E-state index in [4.69, 9.17) is 4.74 Å². The number of esters is 1. The molecule has 162 valence electrons. The Balaban J connectivity index is 2.01. The third-order valence-corrected chi connectivity index (χ3v) is 6.75. The van der Waals surface area contributed by atoms with Crippen LogP contribution in [0.25, 0.3) is 21.1 Å². The fourth-order valence-corrected chi connectivity index (χ4v) is 5.33. The molecule has 4 rings (SSSR count). The van der Waals surface area contributed by atoms with Gasteiger partial charge < -0.3 is 9.72 Å². The molecule has 0 atom stereocenters. The number of rotatable bonds is 5.